The van der Waals surface area contributed by atoms with Crippen molar-refractivity contribution in [3.63, 3.8) is 0 Å². The van der Waals surface area contributed by atoms with E-state index < -0.39 is 16.1 Å². The Kier molecular flexibility index (Phi) is 6.33. The van der Waals surface area contributed by atoms with Crippen molar-refractivity contribution in [1.29, 1.82) is 0 Å². The molecule has 30 heavy (non-hydrogen) atoms. The molecule has 0 spiro atoms. The third-order valence-corrected chi connectivity index (χ3v) is 7.75. The highest BCUT2D eigenvalue weighted by Gasteiger charge is 2.25. The zero-order valence-corrected chi connectivity index (χ0v) is 19.0. The maximum absolute atomic E-state index is 12.6. The van der Waals surface area contributed by atoms with E-state index in [4.69, 9.17) is 5.11 Å². The maximum Gasteiger partial charge on any atom is 0.418 e. The summed E-state index contributed by atoms with van der Waals surface area (Å²) in [5.41, 5.74) is 3.39. The highest BCUT2D eigenvalue weighted by atomic mass is 32.2. The average Bonchev–Trinajstić information content (AvgIpc) is 3.22. The van der Waals surface area contributed by atoms with Crippen LogP contribution in [0.1, 0.15) is 35.7 Å². The Hall–Kier alpha value is -2.65. The van der Waals surface area contributed by atoms with Crippen molar-refractivity contribution in [2.75, 3.05) is 0 Å². The lowest BCUT2D eigenvalue weighted by Gasteiger charge is -2.11. The molecule has 0 aliphatic carbocycles. The van der Waals surface area contributed by atoms with E-state index in [0.29, 0.717) is 18.0 Å². The number of benzene rings is 1. The number of hydrogen-bond donors (Lipinski definition) is 2. The highest BCUT2D eigenvalue weighted by Crippen LogP contribution is 2.37. The molecule has 160 valence electrons. The fraction of sp³-hybridized carbons (Fsp3) is 0.333. The smallest absolute Gasteiger partial charge is 0.418 e. The summed E-state index contributed by atoms with van der Waals surface area (Å²) < 4.78 is 29.0. The van der Waals surface area contributed by atoms with Crippen molar-refractivity contribution in [2.24, 2.45) is 5.92 Å². The van der Waals surface area contributed by atoms with Crippen LogP contribution in [-0.2, 0) is 23.0 Å². The third-order valence-electron chi connectivity index (χ3n) is 4.74. The monoisotopic (exact) mass is 447 g/mol. The van der Waals surface area contributed by atoms with E-state index in [-0.39, 0.29) is 4.21 Å². The maximum atomic E-state index is 12.6. The van der Waals surface area contributed by atoms with E-state index in [1.165, 1.54) is 0 Å². The van der Waals surface area contributed by atoms with E-state index in [2.05, 4.69) is 18.8 Å². The number of sulfonamides is 1. The van der Waals surface area contributed by atoms with Crippen molar-refractivity contribution in [3.05, 3.63) is 58.5 Å². The van der Waals surface area contributed by atoms with Gasteiger partial charge in [-0.1, -0.05) is 32.0 Å². The number of aromatic nitrogens is 2. The summed E-state index contributed by atoms with van der Waals surface area (Å²) in [5.74, 6) is 1.27. The average molecular weight is 448 g/mol. The van der Waals surface area contributed by atoms with Gasteiger partial charge in [0.1, 0.15) is 10.0 Å². The van der Waals surface area contributed by atoms with Crippen LogP contribution in [0.15, 0.2) is 40.9 Å². The zero-order valence-electron chi connectivity index (χ0n) is 17.3. The van der Waals surface area contributed by atoms with Crippen LogP contribution in [0.25, 0.3) is 11.1 Å². The first kappa shape index (κ1) is 22.0. The molecule has 0 atom stereocenters. The Morgan fingerprint density at radius 2 is 2.00 bits per heavy atom. The van der Waals surface area contributed by atoms with Crippen LogP contribution in [0.3, 0.4) is 0 Å². The quantitative estimate of drug-likeness (QED) is 0.558. The summed E-state index contributed by atoms with van der Waals surface area (Å²) in [5, 5.41) is 8.96. The number of thiophene rings is 1. The first-order chi connectivity index (χ1) is 14.1. The molecular formula is C21H25N3O4S2. The summed E-state index contributed by atoms with van der Waals surface area (Å²) >= 11 is 1.12. The molecule has 2 N–H and O–H groups in total. The van der Waals surface area contributed by atoms with E-state index in [9.17, 15) is 13.2 Å². The van der Waals surface area contributed by atoms with Gasteiger partial charge < -0.3 is 9.67 Å². The van der Waals surface area contributed by atoms with Gasteiger partial charge in [0.25, 0.3) is 10.0 Å². The Morgan fingerprint density at radius 1 is 1.27 bits per heavy atom. The number of nitrogens with zero attached hydrogens (tertiary/aromatic N) is 2. The van der Waals surface area contributed by atoms with E-state index in [1.54, 1.807) is 10.9 Å². The molecule has 1 amide bonds. The Labute approximate surface area is 180 Å². The minimum atomic E-state index is -4.17. The molecule has 9 heteroatoms. The Balaban J connectivity index is 2.03. The van der Waals surface area contributed by atoms with E-state index >= 15 is 0 Å². The standard InChI is InChI=1S/C21H25N3O4S2/c1-13(2)9-18-11-19(20(29-18)30(27,28)23-21(25)26)16-5-6-17(14(3)10-16)12-24-8-7-22-15(24)4/h5-8,10-11,13,23H,9,12H2,1-4H3,(H,25,26). The van der Waals surface area contributed by atoms with Crippen molar-refractivity contribution in [2.45, 2.75) is 44.9 Å². The topological polar surface area (TPSA) is 101 Å². The molecular weight excluding hydrogens is 422 g/mol. The summed E-state index contributed by atoms with van der Waals surface area (Å²) in [6, 6.07) is 7.67. The number of aryl methyl sites for hydroxylation is 2. The van der Waals surface area contributed by atoms with Gasteiger partial charge in [0.05, 0.1) is 0 Å². The number of amides is 1. The molecule has 0 aliphatic heterocycles. The number of hydrogen-bond acceptors (Lipinski definition) is 5. The number of imidazole rings is 1. The lowest BCUT2D eigenvalue weighted by molar-refractivity contribution is 0.201. The number of nitrogens with one attached hydrogen (secondary N) is 1. The second-order valence-electron chi connectivity index (χ2n) is 7.67. The van der Waals surface area contributed by atoms with Gasteiger partial charge >= 0.3 is 6.09 Å². The molecule has 0 fully saturated rings. The van der Waals surface area contributed by atoms with Crippen LogP contribution >= 0.6 is 11.3 Å². The lowest BCUT2D eigenvalue weighted by Crippen LogP contribution is -2.28. The molecule has 0 saturated carbocycles. The van der Waals surface area contributed by atoms with Crippen LogP contribution in [0.4, 0.5) is 4.79 Å². The predicted molar refractivity (Wildman–Crippen MR) is 117 cm³/mol. The summed E-state index contributed by atoms with van der Waals surface area (Å²) in [7, 11) is -4.17. The first-order valence-corrected chi connectivity index (χ1v) is 11.8. The van der Waals surface area contributed by atoms with Crippen LogP contribution in [-0.4, -0.2) is 29.2 Å². The van der Waals surface area contributed by atoms with Crippen molar-refractivity contribution in [1.82, 2.24) is 14.3 Å². The van der Waals surface area contributed by atoms with Gasteiger partial charge in [-0.2, -0.15) is 0 Å². The van der Waals surface area contributed by atoms with Crippen molar-refractivity contribution >= 4 is 27.5 Å². The van der Waals surface area contributed by atoms with Gasteiger partial charge in [-0.05, 0) is 48.9 Å². The Morgan fingerprint density at radius 3 is 2.57 bits per heavy atom. The minimum absolute atomic E-state index is 0.0261. The summed E-state index contributed by atoms with van der Waals surface area (Å²) in [6.45, 7) is 8.71. The molecule has 0 unspecified atom stereocenters. The molecule has 2 heterocycles. The second kappa shape index (κ2) is 8.61. The van der Waals surface area contributed by atoms with Gasteiger partial charge in [0.15, 0.2) is 0 Å². The molecule has 0 aliphatic rings. The van der Waals surface area contributed by atoms with Gasteiger partial charge in [0.2, 0.25) is 0 Å². The van der Waals surface area contributed by atoms with Crippen LogP contribution in [0.2, 0.25) is 0 Å². The fourth-order valence-corrected chi connectivity index (χ4v) is 6.08. The normalized spacial score (nSPS) is 11.8. The molecule has 3 aromatic rings. The van der Waals surface area contributed by atoms with E-state index in [1.807, 2.05) is 48.9 Å². The summed E-state index contributed by atoms with van der Waals surface area (Å²) in [4.78, 5) is 16.1. The summed E-state index contributed by atoms with van der Waals surface area (Å²) in [6.07, 6.45) is 2.80. The van der Waals surface area contributed by atoms with Crippen LogP contribution in [0, 0.1) is 19.8 Å². The third kappa shape index (κ3) is 4.91. The van der Waals surface area contributed by atoms with Gasteiger partial charge in [-0.25, -0.2) is 22.9 Å². The highest BCUT2D eigenvalue weighted by molar-refractivity contribution is 7.92. The van der Waals surface area contributed by atoms with Crippen LogP contribution < -0.4 is 4.72 Å². The molecule has 7 nitrogen and oxygen atoms in total. The Bertz CT molecular complexity index is 1180. The van der Waals surface area contributed by atoms with Gasteiger partial charge in [-0.15, -0.1) is 11.3 Å². The van der Waals surface area contributed by atoms with Crippen molar-refractivity contribution in [3.8, 4) is 11.1 Å². The lowest BCUT2D eigenvalue weighted by atomic mass is 10.0. The van der Waals surface area contributed by atoms with Gasteiger partial charge in [-0.3, -0.25) is 0 Å². The fourth-order valence-electron chi connectivity index (χ4n) is 3.28. The van der Waals surface area contributed by atoms with Gasteiger partial charge in [0, 0.05) is 29.4 Å². The first-order valence-electron chi connectivity index (χ1n) is 9.53. The second-order valence-corrected chi connectivity index (χ2v) is 10.7. The number of rotatable bonds is 7. The van der Waals surface area contributed by atoms with Crippen molar-refractivity contribution < 1.29 is 18.3 Å². The largest absolute Gasteiger partial charge is 0.464 e. The SMILES string of the molecule is Cc1cc(-c2cc(CC(C)C)sc2S(=O)(=O)NC(=O)O)ccc1Cn1ccnc1C. The molecule has 0 radical (unpaired) electrons. The van der Waals surface area contributed by atoms with E-state index in [0.717, 1.165) is 45.1 Å². The number of carboxylic acid groups (broad SMARTS) is 1. The molecule has 0 bridgehead atoms. The minimum Gasteiger partial charge on any atom is -0.464 e. The molecule has 1 aromatic carbocycles. The molecule has 0 saturated heterocycles. The molecule has 2 aromatic heterocycles. The predicted octanol–water partition coefficient (Wildman–Crippen LogP) is 4.43. The van der Waals surface area contributed by atoms with Crippen LogP contribution in [0.5, 0.6) is 0 Å². The number of carbonyl (C=O) groups is 1. The zero-order chi connectivity index (χ0) is 22.1. The molecule has 3 rings (SSSR count).